The van der Waals surface area contributed by atoms with Gasteiger partial charge in [-0.15, -0.1) is 0 Å². The van der Waals surface area contributed by atoms with Gasteiger partial charge >= 0.3 is 11.8 Å². The van der Waals surface area contributed by atoms with Gasteiger partial charge in [-0.1, -0.05) is 36.2 Å². The van der Waals surface area contributed by atoms with Crippen LogP contribution in [0.3, 0.4) is 0 Å². The Balaban J connectivity index is 1.80. The van der Waals surface area contributed by atoms with Crippen molar-refractivity contribution in [1.29, 1.82) is 0 Å². The number of nitrogens with zero attached hydrogens (tertiary/aromatic N) is 1. The molecule has 0 aromatic heterocycles. The van der Waals surface area contributed by atoms with E-state index in [9.17, 15) is 9.59 Å². The summed E-state index contributed by atoms with van der Waals surface area (Å²) in [4.78, 5) is 23.6. The minimum Gasteiger partial charge on any atom is -0.494 e. The summed E-state index contributed by atoms with van der Waals surface area (Å²) in [6.45, 7) is 2.79. The van der Waals surface area contributed by atoms with E-state index in [1.807, 2.05) is 6.92 Å². The van der Waals surface area contributed by atoms with Crippen molar-refractivity contribution >= 4 is 41.2 Å². The highest BCUT2D eigenvalue weighted by Crippen LogP contribution is 2.20. The molecular formula is C19H19Cl2N3O3. The van der Waals surface area contributed by atoms with Crippen LogP contribution in [0.25, 0.3) is 0 Å². The van der Waals surface area contributed by atoms with E-state index in [4.69, 9.17) is 27.9 Å². The van der Waals surface area contributed by atoms with Crippen LogP contribution in [0.4, 0.5) is 0 Å². The third-order valence-corrected chi connectivity index (χ3v) is 3.98. The minimum absolute atomic E-state index is 0.102. The predicted molar refractivity (Wildman–Crippen MR) is 106 cm³/mol. The SMILES string of the molecule is CCCOc1ccc(/C=N/NC(=O)C(=O)NCc2ccc(Cl)cc2Cl)cc1. The third kappa shape index (κ3) is 6.92. The molecule has 0 aliphatic rings. The number of rotatable bonds is 7. The van der Waals surface area contributed by atoms with Crippen molar-refractivity contribution in [2.24, 2.45) is 5.10 Å². The highest BCUT2D eigenvalue weighted by Gasteiger charge is 2.12. The van der Waals surface area contributed by atoms with Crippen molar-refractivity contribution < 1.29 is 14.3 Å². The first kappa shape index (κ1) is 20.7. The molecule has 2 amide bonds. The molecule has 2 rings (SSSR count). The van der Waals surface area contributed by atoms with Crippen LogP contribution in [0.15, 0.2) is 47.6 Å². The maximum absolute atomic E-state index is 11.8. The largest absolute Gasteiger partial charge is 0.494 e. The molecule has 0 heterocycles. The summed E-state index contributed by atoms with van der Waals surface area (Å²) in [7, 11) is 0. The lowest BCUT2D eigenvalue weighted by molar-refractivity contribution is -0.139. The number of hydrazone groups is 1. The molecule has 8 heteroatoms. The molecule has 142 valence electrons. The lowest BCUT2D eigenvalue weighted by Crippen LogP contribution is -2.37. The van der Waals surface area contributed by atoms with Gasteiger partial charge in [-0.05, 0) is 53.9 Å². The number of ether oxygens (including phenoxy) is 1. The van der Waals surface area contributed by atoms with E-state index in [1.54, 1.807) is 42.5 Å². The molecule has 0 aliphatic heterocycles. The molecular weight excluding hydrogens is 389 g/mol. The normalized spacial score (nSPS) is 10.6. The van der Waals surface area contributed by atoms with Crippen LogP contribution in [0.2, 0.25) is 10.0 Å². The van der Waals surface area contributed by atoms with Gasteiger partial charge in [0.1, 0.15) is 5.75 Å². The van der Waals surface area contributed by atoms with Crippen LogP contribution in [-0.4, -0.2) is 24.6 Å². The summed E-state index contributed by atoms with van der Waals surface area (Å²) >= 11 is 11.8. The number of nitrogens with one attached hydrogen (secondary N) is 2. The van der Waals surface area contributed by atoms with E-state index in [1.165, 1.54) is 6.21 Å². The van der Waals surface area contributed by atoms with E-state index in [0.717, 1.165) is 17.7 Å². The summed E-state index contributed by atoms with van der Waals surface area (Å²) in [5.74, 6) is -0.931. The molecule has 0 radical (unpaired) electrons. The maximum Gasteiger partial charge on any atom is 0.329 e. The first-order chi connectivity index (χ1) is 13.0. The zero-order valence-electron chi connectivity index (χ0n) is 14.7. The highest BCUT2D eigenvalue weighted by molar-refractivity contribution is 6.36. The van der Waals surface area contributed by atoms with Gasteiger partial charge in [0.2, 0.25) is 0 Å². The number of carbonyl (C=O) groups excluding carboxylic acids is 2. The fourth-order valence-electron chi connectivity index (χ4n) is 2.01. The Kier molecular flexibility index (Phi) is 8.10. The first-order valence-electron chi connectivity index (χ1n) is 8.27. The Morgan fingerprint density at radius 1 is 1.11 bits per heavy atom. The van der Waals surface area contributed by atoms with Crippen molar-refractivity contribution in [2.75, 3.05) is 6.61 Å². The second kappa shape index (κ2) is 10.5. The van der Waals surface area contributed by atoms with Crippen LogP contribution in [0.1, 0.15) is 24.5 Å². The number of hydrogen-bond donors (Lipinski definition) is 2. The van der Waals surface area contributed by atoms with Gasteiger partial charge < -0.3 is 10.1 Å². The molecule has 0 saturated carbocycles. The molecule has 6 nitrogen and oxygen atoms in total. The lowest BCUT2D eigenvalue weighted by atomic mass is 10.2. The second-order valence-electron chi connectivity index (χ2n) is 5.54. The molecule has 2 aromatic rings. The fourth-order valence-corrected chi connectivity index (χ4v) is 2.48. The number of hydrogen-bond acceptors (Lipinski definition) is 4. The van der Waals surface area contributed by atoms with Gasteiger partial charge in [-0.2, -0.15) is 5.10 Å². The van der Waals surface area contributed by atoms with Crippen molar-refractivity contribution in [2.45, 2.75) is 19.9 Å². The van der Waals surface area contributed by atoms with E-state index in [-0.39, 0.29) is 6.54 Å². The Bertz CT molecular complexity index is 823. The Labute approximate surface area is 167 Å². The second-order valence-corrected chi connectivity index (χ2v) is 6.38. The van der Waals surface area contributed by atoms with Crippen molar-refractivity contribution in [1.82, 2.24) is 10.7 Å². The summed E-state index contributed by atoms with van der Waals surface area (Å²) in [6.07, 6.45) is 2.37. The van der Waals surface area contributed by atoms with Gasteiger partial charge in [-0.3, -0.25) is 9.59 Å². The molecule has 27 heavy (non-hydrogen) atoms. The molecule has 0 atom stereocenters. The molecule has 2 N–H and O–H groups in total. The van der Waals surface area contributed by atoms with Crippen LogP contribution in [-0.2, 0) is 16.1 Å². The van der Waals surface area contributed by atoms with Crippen molar-refractivity contribution in [3.05, 3.63) is 63.6 Å². The number of amides is 2. The zero-order valence-corrected chi connectivity index (χ0v) is 16.2. The Morgan fingerprint density at radius 3 is 2.52 bits per heavy atom. The topological polar surface area (TPSA) is 79.8 Å². The number of carbonyl (C=O) groups is 2. The van der Waals surface area contributed by atoms with Gasteiger partial charge in [-0.25, -0.2) is 5.43 Å². The van der Waals surface area contributed by atoms with Crippen molar-refractivity contribution in [3.63, 3.8) is 0 Å². The first-order valence-corrected chi connectivity index (χ1v) is 9.03. The van der Waals surface area contributed by atoms with Gasteiger partial charge in [0.15, 0.2) is 0 Å². The van der Waals surface area contributed by atoms with Gasteiger partial charge in [0.05, 0.1) is 12.8 Å². The third-order valence-electron chi connectivity index (χ3n) is 3.39. The van der Waals surface area contributed by atoms with Crippen LogP contribution in [0, 0.1) is 0 Å². The highest BCUT2D eigenvalue weighted by atomic mass is 35.5. The summed E-state index contributed by atoms with van der Waals surface area (Å²) < 4.78 is 5.48. The fraction of sp³-hybridized carbons (Fsp3) is 0.211. The smallest absolute Gasteiger partial charge is 0.329 e. The molecule has 0 saturated heterocycles. The predicted octanol–water partition coefficient (Wildman–Crippen LogP) is 3.55. The van der Waals surface area contributed by atoms with E-state index in [0.29, 0.717) is 22.2 Å². The van der Waals surface area contributed by atoms with Crippen LogP contribution >= 0.6 is 23.2 Å². The summed E-state index contributed by atoms with van der Waals surface area (Å²) in [5, 5.41) is 7.14. The monoisotopic (exact) mass is 407 g/mol. The van der Waals surface area contributed by atoms with Crippen LogP contribution < -0.4 is 15.5 Å². The zero-order chi connectivity index (χ0) is 19.6. The quantitative estimate of drug-likeness (QED) is 0.418. The molecule has 0 spiro atoms. The molecule has 0 unspecified atom stereocenters. The molecule has 2 aromatic carbocycles. The van der Waals surface area contributed by atoms with Crippen molar-refractivity contribution in [3.8, 4) is 5.75 Å². The Morgan fingerprint density at radius 2 is 1.85 bits per heavy atom. The van der Waals surface area contributed by atoms with E-state index >= 15 is 0 Å². The molecule has 0 bridgehead atoms. The summed E-state index contributed by atoms with van der Waals surface area (Å²) in [6, 6.07) is 12.1. The number of halogens is 2. The maximum atomic E-state index is 11.8. The average molecular weight is 408 g/mol. The van der Waals surface area contributed by atoms with Gasteiger partial charge in [0.25, 0.3) is 0 Å². The van der Waals surface area contributed by atoms with E-state index < -0.39 is 11.8 Å². The average Bonchev–Trinajstić information content (AvgIpc) is 2.66. The minimum atomic E-state index is -0.876. The van der Waals surface area contributed by atoms with Gasteiger partial charge in [0, 0.05) is 16.6 Å². The molecule has 0 aliphatic carbocycles. The lowest BCUT2D eigenvalue weighted by Gasteiger charge is -2.06. The van der Waals surface area contributed by atoms with Crippen LogP contribution in [0.5, 0.6) is 5.75 Å². The standard InChI is InChI=1S/C19H19Cl2N3O3/c1-2-9-27-16-7-3-13(4-8-16)11-23-24-19(26)18(25)22-12-14-5-6-15(20)10-17(14)21/h3-8,10-11H,2,9,12H2,1H3,(H,22,25)(H,24,26)/b23-11+. The molecule has 0 fully saturated rings. The number of benzene rings is 2. The van der Waals surface area contributed by atoms with E-state index in [2.05, 4.69) is 15.8 Å². The summed E-state index contributed by atoms with van der Waals surface area (Å²) in [5.41, 5.74) is 3.58. The Hall–Kier alpha value is -2.57.